The first-order chi connectivity index (χ1) is 10.6. The Morgan fingerprint density at radius 2 is 1.91 bits per heavy atom. The number of rotatable bonds is 3. The summed E-state index contributed by atoms with van der Waals surface area (Å²) in [5, 5.41) is 22.6. The molecular formula is C14H12N6O2. The molecule has 8 nitrogen and oxygen atoms in total. The standard InChI is InChI=1S/C14H12N6O2/c1-9-2-7-12(20(21)22)8-13(9)19-14(16-17-18-19)10-3-5-11(15)6-4-10/h2-8H,15H2,1H3. The quantitative estimate of drug-likeness (QED) is 0.450. The second-order valence-electron chi connectivity index (χ2n) is 4.76. The zero-order chi connectivity index (χ0) is 15.7. The van der Waals surface area contributed by atoms with E-state index in [1.165, 1.54) is 16.8 Å². The van der Waals surface area contributed by atoms with Crippen LogP contribution >= 0.6 is 0 Å². The van der Waals surface area contributed by atoms with Gasteiger partial charge in [0.2, 0.25) is 0 Å². The number of nitro benzene ring substituents is 1. The highest BCUT2D eigenvalue weighted by Crippen LogP contribution is 2.25. The maximum absolute atomic E-state index is 11.0. The topological polar surface area (TPSA) is 113 Å². The van der Waals surface area contributed by atoms with Gasteiger partial charge in [0.1, 0.15) is 0 Å². The summed E-state index contributed by atoms with van der Waals surface area (Å²) < 4.78 is 1.48. The second-order valence-corrected chi connectivity index (χ2v) is 4.76. The number of nitrogens with zero attached hydrogens (tertiary/aromatic N) is 5. The summed E-state index contributed by atoms with van der Waals surface area (Å²) in [6, 6.07) is 11.7. The number of non-ortho nitro benzene ring substituents is 1. The predicted octanol–water partition coefficient (Wildman–Crippen LogP) is 2.13. The fraction of sp³-hybridized carbons (Fsp3) is 0.0714. The van der Waals surface area contributed by atoms with Crippen LogP contribution in [0.5, 0.6) is 0 Å². The van der Waals surface area contributed by atoms with Gasteiger partial charge in [-0.25, -0.2) is 0 Å². The zero-order valence-corrected chi connectivity index (χ0v) is 11.7. The van der Waals surface area contributed by atoms with Crippen LogP contribution in [-0.4, -0.2) is 25.1 Å². The third-order valence-corrected chi connectivity index (χ3v) is 3.27. The molecule has 0 saturated carbocycles. The van der Waals surface area contributed by atoms with Crippen molar-refractivity contribution in [2.45, 2.75) is 6.92 Å². The number of anilines is 1. The first kappa shape index (κ1) is 13.7. The molecule has 0 radical (unpaired) electrons. The second kappa shape index (κ2) is 5.24. The van der Waals surface area contributed by atoms with Gasteiger partial charge in [-0.15, -0.1) is 5.10 Å². The van der Waals surface area contributed by atoms with E-state index in [-0.39, 0.29) is 5.69 Å². The Morgan fingerprint density at radius 3 is 2.59 bits per heavy atom. The summed E-state index contributed by atoms with van der Waals surface area (Å²) in [5.74, 6) is 0.489. The van der Waals surface area contributed by atoms with Gasteiger partial charge in [-0.1, -0.05) is 6.07 Å². The molecule has 0 aliphatic rings. The molecule has 22 heavy (non-hydrogen) atoms. The largest absolute Gasteiger partial charge is 0.399 e. The van der Waals surface area contributed by atoms with Crippen molar-refractivity contribution in [1.29, 1.82) is 0 Å². The van der Waals surface area contributed by atoms with Crippen molar-refractivity contribution in [1.82, 2.24) is 20.2 Å². The number of hydrogen-bond acceptors (Lipinski definition) is 6. The minimum atomic E-state index is -0.448. The first-order valence-electron chi connectivity index (χ1n) is 6.46. The molecule has 0 spiro atoms. The van der Waals surface area contributed by atoms with Gasteiger partial charge in [-0.05, 0) is 47.2 Å². The average molecular weight is 296 g/mol. The van der Waals surface area contributed by atoms with Gasteiger partial charge in [0.05, 0.1) is 10.6 Å². The van der Waals surface area contributed by atoms with Gasteiger partial charge in [0.25, 0.3) is 5.69 Å². The van der Waals surface area contributed by atoms with Gasteiger partial charge >= 0.3 is 0 Å². The Morgan fingerprint density at radius 1 is 1.18 bits per heavy atom. The summed E-state index contributed by atoms with van der Waals surface area (Å²) in [6.07, 6.45) is 0. The number of nitrogens with two attached hydrogens (primary N) is 1. The van der Waals surface area contributed by atoms with E-state index in [2.05, 4.69) is 15.5 Å². The van der Waals surface area contributed by atoms with E-state index in [1.807, 2.05) is 6.92 Å². The lowest BCUT2D eigenvalue weighted by atomic mass is 10.1. The number of nitrogen functional groups attached to an aromatic ring is 1. The maximum Gasteiger partial charge on any atom is 0.271 e. The average Bonchev–Trinajstić information content (AvgIpc) is 2.97. The predicted molar refractivity (Wildman–Crippen MR) is 80.4 cm³/mol. The Balaban J connectivity index is 2.14. The molecule has 0 aliphatic heterocycles. The summed E-state index contributed by atoms with van der Waals surface area (Å²) in [5.41, 5.74) is 8.45. The van der Waals surface area contributed by atoms with Crippen molar-refractivity contribution in [2.24, 2.45) is 0 Å². The molecule has 0 saturated heterocycles. The molecule has 0 amide bonds. The molecule has 1 aromatic heterocycles. The number of hydrogen-bond donors (Lipinski definition) is 1. The van der Waals surface area contributed by atoms with Gasteiger partial charge < -0.3 is 5.73 Å². The van der Waals surface area contributed by atoms with Crippen LogP contribution in [-0.2, 0) is 0 Å². The molecule has 8 heteroatoms. The van der Waals surface area contributed by atoms with Crippen molar-refractivity contribution in [3.63, 3.8) is 0 Å². The number of tetrazole rings is 1. The summed E-state index contributed by atoms with van der Waals surface area (Å²) in [4.78, 5) is 10.5. The molecule has 0 fully saturated rings. The molecule has 3 aromatic rings. The fourth-order valence-electron chi connectivity index (χ4n) is 2.10. The fourth-order valence-corrected chi connectivity index (χ4v) is 2.10. The van der Waals surface area contributed by atoms with Crippen molar-refractivity contribution in [3.05, 3.63) is 58.1 Å². The number of benzene rings is 2. The minimum Gasteiger partial charge on any atom is -0.399 e. The van der Waals surface area contributed by atoms with Crippen LogP contribution in [0.15, 0.2) is 42.5 Å². The third kappa shape index (κ3) is 2.37. The van der Waals surface area contributed by atoms with Gasteiger partial charge in [-0.2, -0.15) is 4.68 Å². The van der Waals surface area contributed by atoms with Crippen molar-refractivity contribution < 1.29 is 4.92 Å². The molecule has 110 valence electrons. The molecule has 0 bridgehead atoms. The van der Waals surface area contributed by atoms with Crippen LogP contribution in [0.1, 0.15) is 5.56 Å². The monoisotopic (exact) mass is 296 g/mol. The van der Waals surface area contributed by atoms with Gasteiger partial charge in [-0.3, -0.25) is 10.1 Å². The lowest BCUT2D eigenvalue weighted by molar-refractivity contribution is -0.384. The van der Waals surface area contributed by atoms with E-state index in [0.29, 0.717) is 17.2 Å². The van der Waals surface area contributed by atoms with Crippen LogP contribution in [0.3, 0.4) is 0 Å². The van der Waals surface area contributed by atoms with E-state index >= 15 is 0 Å². The van der Waals surface area contributed by atoms with Crippen LogP contribution < -0.4 is 5.73 Å². The molecule has 3 rings (SSSR count). The first-order valence-corrected chi connectivity index (χ1v) is 6.46. The Hall–Kier alpha value is -3.29. The van der Waals surface area contributed by atoms with Crippen LogP contribution in [0.25, 0.3) is 17.1 Å². The summed E-state index contributed by atoms with van der Waals surface area (Å²) >= 11 is 0. The van der Waals surface area contributed by atoms with Crippen molar-refractivity contribution in [3.8, 4) is 17.1 Å². The van der Waals surface area contributed by atoms with E-state index < -0.39 is 4.92 Å². The molecular weight excluding hydrogens is 284 g/mol. The van der Waals surface area contributed by atoms with Gasteiger partial charge in [0.15, 0.2) is 5.82 Å². The smallest absolute Gasteiger partial charge is 0.271 e. The van der Waals surface area contributed by atoms with Crippen LogP contribution in [0.2, 0.25) is 0 Å². The number of aromatic nitrogens is 4. The van der Waals surface area contributed by atoms with E-state index in [1.54, 1.807) is 30.3 Å². The third-order valence-electron chi connectivity index (χ3n) is 3.27. The highest BCUT2D eigenvalue weighted by molar-refractivity contribution is 5.61. The van der Waals surface area contributed by atoms with Crippen LogP contribution in [0.4, 0.5) is 11.4 Å². The van der Waals surface area contributed by atoms with Gasteiger partial charge in [0, 0.05) is 23.4 Å². The number of aryl methyl sites for hydroxylation is 1. The summed E-state index contributed by atoms with van der Waals surface area (Å²) in [6.45, 7) is 1.84. The molecule has 2 aromatic carbocycles. The zero-order valence-electron chi connectivity index (χ0n) is 11.7. The lowest BCUT2D eigenvalue weighted by Crippen LogP contribution is -2.03. The van der Waals surface area contributed by atoms with Crippen LogP contribution in [0, 0.1) is 17.0 Å². The van der Waals surface area contributed by atoms with Crippen molar-refractivity contribution in [2.75, 3.05) is 5.73 Å². The minimum absolute atomic E-state index is 0.0145. The number of nitro groups is 1. The maximum atomic E-state index is 11.0. The lowest BCUT2D eigenvalue weighted by Gasteiger charge is -2.08. The van der Waals surface area contributed by atoms with E-state index in [9.17, 15) is 10.1 Å². The molecule has 2 N–H and O–H groups in total. The Kier molecular flexibility index (Phi) is 3.26. The highest BCUT2D eigenvalue weighted by Gasteiger charge is 2.16. The Labute approximate surface area is 125 Å². The molecule has 1 heterocycles. The SMILES string of the molecule is Cc1ccc([N+](=O)[O-])cc1-n1nnnc1-c1ccc(N)cc1. The highest BCUT2D eigenvalue weighted by atomic mass is 16.6. The normalized spacial score (nSPS) is 10.6. The van der Waals surface area contributed by atoms with E-state index in [4.69, 9.17) is 5.73 Å². The Bertz CT molecular complexity index is 841. The van der Waals surface area contributed by atoms with E-state index in [0.717, 1.165) is 11.1 Å². The molecule has 0 aliphatic carbocycles. The summed E-state index contributed by atoms with van der Waals surface area (Å²) in [7, 11) is 0. The molecule has 0 unspecified atom stereocenters. The van der Waals surface area contributed by atoms with Crippen molar-refractivity contribution >= 4 is 11.4 Å². The molecule has 0 atom stereocenters.